The van der Waals surface area contributed by atoms with Crippen molar-refractivity contribution in [3.8, 4) is 0 Å². The summed E-state index contributed by atoms with van der Waals surface area (Å²) in [6, 6.07) is 8.81. The van der Waals surface area contributed by atoms with Crippen LogP contribution in [-0.2, 0) is 14.5 Å². The molecule has 0 amide bonds. The van der Waals surface area contributed by atoms with Crippen molar-refractivity contribution in [2.75, 3.05) is 0 Å². The lowest BCUT2D eigenvalue weighted by Gasteiger charge is -2.52. The molecule has 2 atom stereocenters. The number of hydrogen-bond acceptors (Lipinski definition) is 2. The molecule has 32 heavy (non-hydrogen) atoms. The molecule has 2 aliphatic rings. The lowest BCUT2D eigenvalue weighted by molar-refractivity contribution is 0.000999. The molecule has 1 fully saturated rings. The van der Waals surface area contributed by atoms with Crippen LogP contribution in [0.3, 0.4) is 0 Å². The molecule has 0 radical (unpaired) electrons. The Bertz CT molecular complexity index is 899. The van der Waals surface area contributed by atoms with E-state index in [9.17, 15) is 0 Å². The highest BCUT2D eigenvalue weighted by atomic mass is 28.4. The van der Waals surface area contributed by atoms with E-state index < -0.39 is 22.2 Å². The summed E-state index contributed by atoms with van der Waals surface area (Å²) >= 11 is 0. The van der Waals surface area contributed by atoms with E-state index in [2.05, 4.69) is 105 Å². The Balaban J connectivity index is 2.25. The molecule has 2 unspecified atom stereocenters. The second kappa shape index (κ2) is 8.28. The summed E-state index contributed by atoms with van der Waals surface area (Å²) in [5, 5.41) is 0.227. The van der Waals surface area contributed by atoms with Crippen molar-refractivity contribution in [1.29, 1.82) is 0 Å². The zero-order valence-electron chi connectivity index (χ0n) is 22.3. The summed E-state index contributed by atoms with van der Waals surface area (Å²) in [6.45, 7) is 28.0. The topological polar surface area (TPSA) is 18.5 Å². The molecule has 4 heteroatoms. The van der Waals surface area contributed by atoms with E-state index in [0.717, 1.165) is 18.6 Å². The fraction of sp³-hybridized carbons (Fsp3) is 0.643. The van der Waals surface area contributed by atoms with E-state index in [4.69, 9.17) is 8.85 Å². The zero-order chi connectivity index (χ0) is 24.2. The first-order chi connectivity index (χ1) is 14.5. The first kappa shape index (κ1) is 25.5. The standard InChI is InChI=1S/C28H46O2Si2/c1-21-16-12-14-18-23(21)28(30-32(10,11)27(5,6)7)24-19-15-13-17-22(24)20-25(28)29-31(8,9)26(2,3)4/h13,15,17,19-20,23H,1,12,14,16,18H2,2-11H3. The summed E-state index contributed by atoms with van der Waals surface area (Å²) in [7, 11) is -4.20. The Morgan fingerprint density at radius 3 is 2.06 bits per heavy atom. The largest absolute Gasteiger partial charge is 0.544 e. The van der Waals surface area contributed by atoms with Gasteiger partial charge in [0.1, 0.15) is 11.4 Å². The first-order valence-corrected chi connectivity index (χ1v) is 18.2. The molecule has 2 aliphatic carbocycles. The third kappa shape index (κ3) is 4.35. The van der Waals surface area contributed by atoms with Crippen molar-refractivity contribution in [2.45, 2.75) is 109 Å². The SMILES string of the molecule is C=C1CCCCC1C1(O[Si](C)(C)C(C)(C)C)C(O[Si](C)(C)C(C)(C)C)=Cc2ccccc21. The molecule has 178 valence electrons. The lowest BCUT2D eigenvalue weighted by atomic mass is 9.71. The van der Waals surface area contributed by atoms with Gasteiger partial charge in [0.2, 0.25) is 8.32 Å². The minimum atomic E-state index is -2.13. The third-order valence-electron chi connectivity index (χ3n) is 8.63. The molecular formula is C28H46O2Si2. The maximum atomic E-state index is 7.57. The molecular weight excluding hydrogens is 424 g/mol. The van der Waals surface area contributed by atoms with Crippen LogP contribution in [0.5, 0.6) is 0 Å². The summed E-state index contributed by atoms with van der Waals surface area (Å²) in [5.74, 6) is 1.30. The molecule has 0 aromatic heterocycles. The van der Waals surface area contributed by atoms with Gasteiger partial charge in [-0.1, -0.05) is 84.4 Å². The molecule has 0 spiro atoms. The summed E-state index contributed by atoms with van der Waals surface area (Å²) < 4.78 is 14.7. The second-order valence-corrected chi connectivity index (χ2v) is 22.5. The van der Waals surface area contributed by atoms with Crippen molar-refractivity contribution in [3.05, 3.63) is 53.3 Å². The molecule has 0 bridgehead atoms. The van der Waals surface area contributed by atoms with Crippen molar-refractivity contribution in [3.63, 3.8) is 0 Å². The summed E-state index contributed by atoms with van der Waals surface area (Å²) in [6.07, 6.45) is 6.95. The van der Waals surface area contributed by atoms with Crippen LogP contribution in [0.25, 0.3) is 6.08 Å². The van der Waals surface area contributed by atoms with Crippen molar-refractivity contribution in [1.82, 2.24) is 0 Å². The molecule has 0 N–H and O–H groups in total. The fourth-order valence-electron chi connectivity index (χ4n) is 4.54. The van der Waals surface area contributed by atoms with Crippen molar-refractivity contribution >= 4 is 22.7 Å². The van der Waals surface area contributed by atoms with Gasteiger partial charge in [-0.2, -0.15) is 0 Å². The minimum absolute atomic E-state index is 0.107. The fourth-order valence-corrected chi connectivity index (χ4v) is 7.07. The van der Waals surface area contributed by atoms with Crippen LogP contribution in [0.2, 0.25) is 36.3 Å². The van der Waals surface area contributed by atoms with E-state index in [1.165, 1.54) is 29.5 Å². The molecule has 3 rings (SSSR count). The quantitative estimate of drug-likeness (QED) is 0.315. The van der Waals surface area contributed by atoms with Crippen LogP contribution >= 0.6 is 0 Å². The van der Waals surface area contributed by atoms with Gasteiger partial charge in [-0.05, 0) is 72.7 Å². The smallest absolute Gasteiger partial charge is 0.250 e. The van der Waals surface area contributed by atoms with Gasteiger partial charge in [-0.15, -0.1) is 0 Å². The molecule has 0 heterocycles. The molecule has 1 saturated carbocycles. The Hall–Kier alpha value is -1.11. The average molecular weight is 471 g/mol. The zero-order valence-corrected chi connectivity index (χ0v) is 24.3. The van der Waals surface area contributed by atoms with E-state index in [1.54, 1.807) is 0 Å². The highest BCUT2D eigenvalue weighted by Gasteiger charge is 2.57. The van der Waals surface area contributed by atoms with E-state index in [-0.39, 0.29) is 16.0 Å². The van der Waals surface area contributed by atoms with Crippen LogP contribution in [0.4, 0.5) is 0 Å². The van der Waals surface area contributed by atoms with Crippen LogP contribution in [0.15, 0.2) is 42.2 Å². The van der Waals surface area contributed by atoms with Crippen molar-refractivity contribution < 1.29 is 8.85 Å². The molecule has 0 aliphatic heterocycles. The predicted molar refractivity (Wildman–Crippen MR) is 144 cm³/mol. The summed E-state index contributed by atoms with van der Waals surface area (Å²) in [4.78, 5) is 0. The van der Waals surface area contributed by atoms with Crippen LogP contribution < -0.4 is 0 Å². The van der Waals surface area contributed by atoms with E-state index >= 15 is 0 Å². The van der Waals surface area contributed by atoms with E-state index in [0.29, 0.717) is 0 Å². The third-order valence-corrected chi connectivity index (χ3v) is 17.4. The molecule has 2 nitrogen and oxygen atoms in total. The normalized spacial score (nSPS) is 24.9. The van der Waals surface area contributed by atoms with Gasteiger partial charge in [-0.25, -0.2) is 0 Å². The van der Waals surface area contributed by atoms with Gasteiger partial charge < -0.3 is 8.85 Å². The highest BCUT2D eigenvalue weighted by molar-refractivity contribution is 6.75. The maximum absolute atomic E-state index is 7.57. The van der Waals surface area contributed by atoms with Gasteiger partial charge in [-0.3, -0.25) is 0 Å². The first-order valence-electron chi connectivity index (χ1n) is 12.4. The number of rotatable bonds is 5. The van der Waals surface area contributed by atoms with Gasteiger partial charge in [0.05, 0.1) is 0 Å². The van der Waals surface area contributed by atoms with Crippen LogP contribution in [-0.4, -0.2) is 16.6 Å². The monoisotopic (exact) mass is 470 g/mol. The molecule has 0 saturated heterocycles. The molecule has 1 aromatic carbocycles. The molecule has 1 aromatic rings. The van der Waals surface area contributed by atoms with Gasteiger partial charge in [0.25, 0.3) is 0 Å². The number of fused-ring (bicyclic) bond motifs is 1. The second-order valence-electron chi connectivity index (χ2n) is 13.0. The predicted octanol–water partition coefficient (Wildman–Crippen LogP) is 9.03. The Morgan fingerprint density at radius 2 is 1.50 bits per heavy atom. The van der Waals surface area contributed by atoms with E-state index in [1.807, 2.05) is 0 Å². The minimum Gasteiger partial charge on any atom is -0.544 e. The van der Waals surface area contributed by atoms with Crippen LogP contribution in [0.1, 0.15) is 78.4 Å². The Labute approximate surface area is 199 Å². The number of hydrogen-bond donors (Lipinski definition) is 0. The van der Waals surface area contributed by atoms with Gasteiger partial charge >= 0.3 is 0 Å². The number of benzene rings is 1. The Morgan fingerprint density at radius 1 is 0.906 bits per heavy atom. The maximum Gasteiger partial charge on any atom is 0.250 e. The van der Waals surface area contributed by atoms with Crippen molar-refractivity contribution in [2.24, 2.45) is 5.92 Å². The average Bonchev–Trinajstić information content (AvgIpc) is 2.93. The van der Waals surface area contributed by atoms with Crippen LogP contribution in [0, 0.1) is 5.92 Å². The lowest BCUT2D eigenvalue weighted by Crippen LogP contribution is -2.54. The summed E-state index contributed by atoms with van der Waals surface area (Å²) in [5.41, 5.74) is 3.30. The highest BCUT2D eigenvalue weighted by Crippen LogP contribution is 2.58. The van der Waals surface area contributed by atoms with Gasteiger partial charge in [0, 0.05) is 5.92 Å². The Kier molecular flexibility index (Phi) is 6.60. The van der Waals surface area contributed by atoms with Gasteiger partial charge in [0.15, 0.2) is 8.32 Å².